The maximum absolute atomic E-state index is 12.3. The lowest BCUT2D eigenvalue weighted by Gasteiger charge is -2.27. The van der Waals surface area contributed by atoms with Crippen LogP contribution in [-0.4, -0.2) is 37.7 Å². The molecular formula is C13H10N2O5S2-2. The minimum Gasteiger partial charge on any atom is -0.550 e. The average molecular weight is 338 g/mol. The molecule has 22 heavy (non-hydrogen) atoms. The molecule has 1 fully saturated rings. The van der Waals surface area contributed by atoms with E-state index in [-0.39, 0.29) is 9.23 Å². The normalized spacial score (nSPS) is 18.0. The van der Waals surface area contributed by atoms with E-state index in [1.54, 1.807) is 36.0 Å². The van der Waals surface area contributed by atoms with E-state index >= 15 is 0 Å². The summed E-state index contributed by atoms with van der Waals surface area (Å²) in [5, 5.41) is 21.8. The molecule has 1 aromatic heterocycles. The molecule has 1 aromatic rings. The Morgan fingerprint density at radius 3 is 2.64 bits per heavy atom. The Bertz CT molecular complexity index is 694. The fraction of sp³-hybridized carbons (Fsp3) is 0.231. The number of carboxylic acid groups (broad SMARTS) is 2. The van der Waals surface area contributed by atoms with Gasteiger partial charge in [0.1, 0.15) is 4.32 Å². The molecule has 0 bridgehead atoms. The molecule has 0 saturated carbocycles. The number of thiocarbonyl (C=S) groups is 1. The van der Waals surface area contributed by atoms with E-state index in [1.807, 2.05) is 0 Å². The van der Waals surface area contributed by atoms with Crippen molar-refractivity contribution in [2.24, 2.45) is 7.05 Å². The average Bonchev–Trinajstić information content (AvgIpc) is 2.93. The molecule has 0 aliphatic carbocycles. The Morgan fingerprint density at radius 1 is 1.45 bits per heavy atom. The standard InChI is InChI=1S/C13H12N2O5S2/c1-14-4-2-3-7(14)5-9-11(18)15(13(21)22-9)8(12(19)20)6-10(16)17/h2-5,8H,6H2,1H3,(H,16,17)(H,19,20)/p-2/b9-5-/t8-/m1/s1. The molecule has 0 spiro atoms. The molecule has 2 heterocycles. The Labute approximate surface area is 135 Å². The minimum atomic E-state index is -1.69. The van der Waals surface area contributed by atoms with Crippen molar-refractivity contribution in [1.29, 1.82) is 0 Å². The molecule has 1 aliphatic rings. The zero-order chi connectivity index (χ0) is 16.4. The van der Waals surface area contributed by atoms with Crippen molar-refractivity contribution in [2.45, 2.75) is 12.5 Å². The number of hydrogen-bond acceptors (Lipinski definition) is 7. The molecular weight excluding hydrogens is 328 g/mol. The molecule has 9 heteroatoms. The van der Waals surface area contributed by atoms with Gasteiger partial charge in [-0.25, -0.2) is 0 Å². The molecule has 0 unspecified atom stereocenters. The molecule has 1 atom stereocenters. The third-order valence-electron chi connectivity index (χ3n) is 3.03. The van der Waals surface area contributed by atoms with Gasteiger partial charge in [-0.15, -0.1) is 0 Å². The van der Waals surface area contributed by atoms with Gasteiger partial charge >= 0.3 is 0 Å². The summed E-state index contributed by atoms with van der Waals surface area (Å²) in [5.41, 5.74) is 0.727. The number of aliphatic carboxylic acids is 2. The van der Waals surface area contributed by atoms with Gasteiger partial charge in [-0.1, -0.05) is 24.0 Å². The van der Waals surface area contributed by atoms with E-state index in [9.17, 15) is 24.6 Å². The lowest BCUT2D eigenvalue weighted by Crippen LogP contribution is -2.52. The van der Waals surface area contributed by atoms with Gasteiger partial charge in [-0.05, 0) is 18.2 Å². The van der Waals surface area contributed by atoms with E-state index in [4.69, 9.17) is 12.2 Å². The first-order chi connectivity index (χ1) is 10.3. The fourth-order valence-corrected chi connectivity index (χ4v) is 3.29. The summed E-state index contributed by atoms with van der Waals surface area (Å²) in [7, 11) is 1.78. The summed E-state index contributed by atoms with van der Waals surface area (Å²) in [6.45, 7) is 0. The fourth-order valence-electron chi connectivity index (χ4n) is 1.94. The predicted octanol–water partition coefficient (Wildman–Crippen LogP) is -1.52. The summed E-state index contributed by atoms with van der Waals surface area (Å²) in [4.78, 5) is 35.0. The number of carbonyl (C=O) groups is 3. The number of aryl methyl sites for hydroxylation is 1. The Balaban J connectivity index is 2.32. The summed E-state index contributed by atoms with van der Waals surface area (Å²) in [5.74, 6) is -3.96. The Morgan fingerprint density at radius 2 is 2.14 bits per heavy atom. The number of rotatable bonds is 5. The van der Waals surface area contributed by atoms with Crippen LogP contribution in [0.3, 0.4) is 0 Å². The van der Waals surface area contributed by atoms with E-state index in [0.717, 1.165) is 22.4 Å². The minimum absolute atomic E-state index is 0.0269. The van der Waals surface area contributed by atoms with Crippen molar-refractivity contribution in [1.82, 2.24) is 9.47 Å². The predicted molar refractivity (Wildman–Crippen MR) is 78.8 cm³/mol. The summed E-state index contributed by atoms with van der Waals surface area (Å²) < 4.78 is 1.74. The Kier molecular flexibility index (Phi) is 4.67. The highest BCUT2D eigenvalue weighted by atomic mass is 32.2. The topological polar surface area (TPSA) is 106 Å². The number of hydrogen-bond donors (Lipinski definition) is 0. The third kappa shape index (κ3) is 3.20. The molecule has 0 radical (unpaired) electrons. The van der Waals surface area contributed by atoms with Crippen LogP contribution in [0.4, 0.5) is 0 Å². The lowest BCUT2D eigenvalue weighted by atomic mass is 10.2. The van der Waals surface area contributed by atoms with Crippen LogP contribution in [-0.2, 0) is 21.4 Å². The maximum atomic E-state index is 12.3. The molecule has 0 N–H and O–H groups in total. The zero-order valence-corrected chi connectivity index (χ0v) is 13.0. The number of amides is 1. The second-order valence-corrected chi connectivity index (χ2v) is 6.18. The first-order valence-corrected chi connectivity index (χ1v) is 7.33. The highest BCUT2D eigenvalue weighted by Crippen LogP contribution is 2.34. The number of carbonyl (C=O) groups excluding carboxylic acids is 3. The molecule has 0 aromatic carbocycles. The van der Waals surface area contributed by atoms with Crippen molar-refractivity contribution in [3.8, 4) is 0 Å². The van der Waals surface area contributed by atoms with Gasteiger partial charge in [-0.3, -0.25) is 9.69 Å². The van der Waals surface area contributed by atoms with Crippen LogP contribution in [0.1, 0.15) is 12.1 Å². The Hall–Kier alpha value is -2.13. The van der Waals surface area contributed by atoms with E-state index in [1.165, 1.54) is 0 Å². The summed E-state index contributed by atoms with van der Waals surface area (Å²) in [6.07, 6.45) is 2.46. The van der Waals surface area contributed by atoms with Gasteiger partial charge in [0.25, 0.3) is 5.91 Å². The van der Waals surface area contributed by atoms with Crippen molar-refractivity contribution in [2.75, 3.05) is 0 Å². The quantitative estimate of drug-likeness (QED) is 0.474. The van der Waals surface area contributed by atoms with Crippen LogP contribution in [0.15, 0.2) is 23.2 Å². The number of aromatic nitrogens is 1. The molecule has 1 aliphatic heterocycles. The van der Waals surface area contributed by atoms with Crippen LogP contribution in [0.5, 0.6) is 0 Å². The number of nitrogens with zero attached hydrogens (tertiary/aromatic N) is 2. The van der Waals surface area contributed by atoms with Crippen LogP contribution < -0.4 is 10.2 Å². The van der Waals surface area contributed by atoms with Crippen molar-refractivity contribution < 1.29 is 24.6 Å². The van der Waals surface area contributed by atoms with E-state index in [0.29, 0.717) is 0 Å². The molecule has 2 rings (SSSR count). The van der Waals surface area contributed by atoms with Gasteiger partial charge < -0.3 is 24.4 Å². The highest BCUT2D eigenvalue weighted by molar-refractivity contribution is 8.26. The van der Waals surface area contributed by atoms with Crippen LogP contribution in [0.25, 0.3) is 6.08 Å². The second kappa shape index (κ2) is 6.32. The number of carboxylic acids is 2. The van der Waals surface area contributed by atoms with Crippen LogP contribution in [0.2, 0.25) is 0 Å². The molecule has 116 valence electrons. The van der Waals surface area contributed by atoms with E-state index in [2.05, 4.69) is 0 Å². The molecule has 7 nitrogen and oxygen atoms in total. The first-order valence-electron chi connectivity index (χ1n) is 6.10. The van der Waals surface area contributed by atoms with Gasteiger partial charge in [0.15, 0.2) is 0 Å². The summed E-state index contributed by atoms with van der Waals surface area (Å²) in [6, 6.07) is 1.87. The second-order valence-electron chi connectivity index (χ2n) is 4.51. The van der Waals surface area contributed by atoms with Crippen molar-refractivity contribution >= 4 is 52.2 Å². The van der Waals surface area contributed by atoms with Gasteiger partial charge in [0, 0.05) is 31.3 Å². The monoisotopic (exact) mass is 338 g/mol. The maximum Gasteiger partial charge on any atom is 0.266 e. The largest absolute Gasteiger partial charge is 0.550 e. The van der Waals surface area contributed by atoms with Crippen LogP contribution >= 0.6 is 24.0 Å². The zero-order valence-electron chi connectivity index (χ0n) is 11.3. The smallest absolute Gasteiger partial charge is 0.266 e. The molecule has 1 amide bonds. The molecule has 1 saturated heterocycles. The number of thioether (sulfide) groups is 1. The highest BCUT2D eigenvalue weighted by Gasteiger charge is 2.37. The SMILES string of the molecule is Cn1cccc1/C=C1\SC(=S)N([C@H](CC(=O)[O-])C(=O)[O-])C1=O. The van der Waals surface area contributed by atoms with Gasteiger partial charge in [0.2, 0.25) is 0 Å². The van der Waals surface area contributed by atoms with E-state index < -0.39 is 30.3 Å². The lowest BCUT2D eigenvalue weighted by molar-refractivity contribution is -0.319. The van der Waals surface area contributed by atoms with Crippen LogP contribution in [0, 0.1) is 0 Å². The van der Waals surface area contributed by atoms with Gasteiger partial charge in [0.05, 0.1) is 16.9 Å². The van der Waals surface area contributed by atoms with Gasteiger partial charge in [-0.2, -0.15) is 0 Å². The first kappa shape index (κ1) is 16.2. The third-order valence-corrected chi connectivity index (χ3v) is 4.36. The summed E-state index contributed by atoms with van der Waals surface area (Å²) >= 11 is 5.90. The van der Waals surface area contributed by atoms with Crippen molar-refractivity contribution in [3.63, 3.8) is 0 Å². The van der Waals surface area contributed by atoms with Crippen molar-refractivity contribution in [3.05, 3.63) is 28.9 Å².